The number of Topliss-reactive ketones (excluding diaryl/α,β-unsaturated/α-hetero) is 1. The van der Waals surface area contributed by atoms with E-state index in [0.717, 1.165) is 63.4 Å². The third kappa shape index (κ3) is 8.04. The van der Waals surface area contributed by atoms with Crippen molar-refractivity contribution in [1.29, 1.82) is 0 Å². The highest BCUT2D eigenvalue weighted by molar-refractivity contribution is 6.48. The fourth-order valence-corrected chi connectivity index (χ4v) is 5.98. The molecule has 10 heteroatoms. The molecule has 2 N–H and O–H groups in total. The summed E-state index contributed by atoms with van der Waals surface area (Å²) in [6.45, 7) is 13.9. The summed E-state index contributed by atoms with van der Waals surface area (Å²) in [5.41, 5.74) is 1.33. The molecule has 0 aromatic heterocycles. The van der Waals surface area contributed by atoms with Crippen molar-refractivity contribution in [2.45, 2.75) is 39.0 Å². The van der Waals surface area contributed by atoms with Crippen molar-refractivity contribution in [3.8, 4) is 11.5 Å². The quantitative estimate of drug-likeness (QED) is 0.223. The van der Waals surface area contributed by atoms with E-state index in [0.29, 0.717) is 29.9 Å². The number of rotatable bonds is 12. The lowest BCUT2D eigenvalue weighted by atomic mass is 9.85. The molecule has 2 aliphatic heterocycles. The maximum Gasteiger partial charge on any atom is 0.296 e. The molecule has 3 aromatic carbocycles. The second kappa shape index (κ2) is 15.1. The van der Waals surface area contributed by atoms with Crippen LogP contribution in [0.3, 0.4) is 0 Å². The second-order valence-electron chi connectivity index (χ2n) is 12.9. The third-order valence-electron chi connectivity index (χ3n) is 8.67. The Hall–Kier alpha value is -3.99. The number of anilines is 1. The summed E-state index contributed by atoms with van der Waals surface area (Å²) < 4.78 is 17.2. The first-order valence-corrected chi connectivity index (χ1v) is 16.2. The van der Waals surface area contributed by atoms with Gasteiger partial charge in [-0.15, -0.1) is 0 Å². The molecule has 2 aliphatic rings. The monoisotopic (exact) mass is 630 g/mol. The van der Waals surface area contributed by atoms with Crippen LogP contribution in [-0.2, 0) is 14.9 Å². The number of likely N-dealkylation sites (tertiary alicyclic amines) is 1. The van der Waals surface area contributed by atoms with Crippen molar-refractivity contribution in [2.75, 3.05) is 78.1 Å². The average Bonchev–Trinajstić information content (AvgIpc) is 3.57. The van der Waals surface area contributed by atoms with Crippen LogP contribution < -0.4 is 20.1 Å². The zero-order chi connectivity index (χ0) is 32.7. The topological polar surface area (TPSA) is 109 Å². The number of nitrogens with zero attached hydrogens (tertiary/aromatic N) is 2. The van der Waals surface area contributed by atoms with Crippen LogP contribution in [-0.4, -0.2) is 100 Å². The number of nitrogens with one attached hydrogen (secondary N) is 2. The summed E-state index contributed by atoms with van der Waals surface area (Å²) in [6.07, 6.45) is 2.36. The van der Waals surface area contributed by atoms with Crippen LogP contribution in [0, 0.1) is 0 Å². The van der Waals surface area contributed by atoms with Gasteiger partial charge < -0.3 is 29.7 Å². The Bertz CT molecular complexity index is 1550. The van der Waals surface area contributed by atoms with E-state index in [1.54, 1.807) is 24.3 Å². The predicted molar refractivity (Wildman–Crippen MR) is 179 cm³/mol. The van der Waals surface area contributed by atoms with Crippen molar-refractivity contribution in [2.24, 2.45) is 0 Å². The van der Waals surface area contributed by atoms with E-state index in [2.05, 4.69) is 20.4 Å². The smallest absolute Gasteiger partial charge is 0.296 e. The molecule has 0 aliphatic carbocycles. The maximum absolute atomic E-state index is 13.7. The van der Waals surface area contributed by atoms with Crippen LogP contribution in [0.2, 0.25) is 0 Å². The number of benzene rings is 3. The van der Waals surface area contributed by atoms with Crippen molar-refractivity contribution in [3.05, 3.63) is 65.2 Å². The standard InChI is InChI=1S/C36H46N4O6/c1-36(2,3)25-23-29(34(42)37-13-16-39-14-7-8-15-39)33(44-4)30(24-25)38-35(43)32(41)28-11-12-31(27-10-6-5-9-26(27)28)46-22-19-40-17-20-45-21-18-40/h5-6,9-12,23-24H,7-8,13-22H2,1-4H3,(H,37,42)(H,38,43). The van der Waals surface area contributed by atoms with E-state index in [1.165, 1.54) is 20.0 Å². The summed E-state index contributed by atoms with van der Waals surface area (Å²) >= 11 is 0. The molecule has 0 unspecified atom stereocenters. The van der Waals surface area contributed by atoms with Gasteiger partial charge in [-0.05, 0) is 66.6 Å². The molecule has 0 saturated carbocycles. The molecule has 10 nitrogen and oxygen atoms in total. The lowest BCUT2D eigenvalue weighted by molar-refractivity contribution is -0.112. The normalized spacial score (nSPS) is 15.9. The van der Waals surface area contributed by atoms with Crippen LogP contribution >= 0.6 is 0 Å². The van der Waals surface area contributed by atoms with Gasteiger partial charge in [0.25, 0.3) is 17.6 Å². The minimum atomic E-state index is -0.823. The van der Waals surface area contributed by atoms with Gasteiger partial charge in [0.15, 0.2) is 5.75 Å². The van der Waals surface area contributed by atoms with Gasteiger partial charge in [0.1, 0.15) is 12.4 Å². The molecule has 2 saturated heterocycles. The van der Waals surface area contributed by atoms with Gasteiger partial charge in [0, 0.05) is 43.7 Å². The average molecular weight is 631 g/mol. The lowest BCUT2D eigenvalue weighted by Gasteiger charge is -2.26. The van der Waals surface area contributed by atoms with Gasteiger partial charge in [0.05, 0.1) is 31.6 Å². The van der Waals surface area contributed by atoms with Crippen LogP contribution in [0.25, 0.3) is 10.8 Å². The summed E-state index contributed by atoms with van der Waals surface area (Å²) in [6, 6.07) is 14.4. The Morgan fingerprint density at radius 3 is 2.26 bits per heavy atom. The summed E-state index contributed by atoms with van der Waals surface area (Å²) in [5, 5.41) is 7.15. The van der Waals surface area contributed by atoms with Crippen LogP contribution in [0.4, 0.5) is 5.69 Å². The fraction of sp³-hybridized carbons (Fsp3) is 0.472. The molecule has 0 bridgehead atoms. The van der Waals surface area contributed by atoms with Crippen molar-refractivity contribution < 1.29 is 28.6 Å². The first-order valence-electron chi connectivity index (χ1n) is 16.2. The molecule has 3 aromatic rings. The van der Waals surface area contributed by atoms with Gasteiger partial charge in [-0.1, -0.05) is 45.0 Å². The minimum absolute atomic E-state index is 0.210. The first kappa shape index (κ1) is 33.4. The number of hydrogen-bond acceptors (Lipinski definition) is 8. The van der Waals surface area contributed by atoms with Crippen LogP contribution in [0.1, 0.15) is 59.9 Å². The first-order chi connectivity index (χ1) is 22.2. The highest BCUT2D eigenvalue weighted by Crippen LogP contribution is 2.36. The number of morpholine rings is 1. The Balaban J connectivity index is 1.35. The zero-order valence-corrected chi connectivity index (χ0v) is 27.4. The van der Waals surface area contributed by atoms with Gasteiger partial charge in [-0.2, -0.15) is 0 Å². The van der Waals surface area contributed by atoms with Gasteiger partial charge in [-0.25, -0.2) is 0 Å². The van der Waals surface area contributed by atoms with E-state index in [9.17, 15) is 14.4 Å². The van der Waals surface area contributed by atoms with Crippen molar-refractivity contribution in [1.82, 2.24) is 15.1 Å². The molecule has 0 atom stereocenters. The Morgan fingerprint density at radius 1 is 0.870 bits per heavy atom. The van der Waals surface area contributed by atoms with Crippen LogP contribution in [0.15, 0.2) is 48.5 Å². The number of ketones is 1. The number of ether oxygens (including phenoxy) is 3. The van der Waals surface area contributed by atoms with Gasteiger partial charge in [-0.3, -0.25) is 19.3 Å². The molecular weight excluding hydrogens is 584 g/mol. The van der Waals surface area contributed by atoms with E-state index in [-0.39, 0.29) is 28.3 Å². The predicted octanol–water partition coefficient (Wildman–Crippen LogP) is 4.50. The largest absolute Gasteiger partial charge is 0.494 e. The number of hydrogen-bond donors (Lipinski definition) is 2. The van der Waals surface area contributed by atoms with E-state index < -0.39 is 11.7 Å². The van der Waals surface area contributed by atoms with Gasteiger partial charge >= 0.3 is 0 Å². The second-order valence-corrected chi connectivity index (χ2v) is 12.9. The van der Waals surface area contributed by atoms with Crippen LogP contribution in [0.5, 0.6) is 11.5 Å². The summed E-state index contributed by atoms with van der Waals surface area (Å²) in [7, 11) is 1.45. The fourth-order valence-electron chi connectivity index (χ4n) is 5.98. The minimum Gasteiger partial charge on any atom is -0.494 e. The Labute approximate surface area is 271 Å². The van der Waals surface area contributed by atoms with E-state index in [1.807, 2.05) is 45.0 Å². The number of amides is 2. The molecule has 0 spiro atoms. The molecule has 46 heavy (non-hydrogen) atoms. The molecular formula is C36H46N4O6. The molecule has 0 radical (unpaired) electrons. The SMILES string of the molecule is COc1c(NC(=O)C(=O)c2ccc(OCCN3CCOCC3)c3ccccc23)cc(C(C)(C)C)cc1C(=O)NCCN1CCCC1. The Morgan fingerprint density at radius 2 is 1.57 bits per heavy atom. The van der Waals surface area contributed by atoms with E-state index >= 15 is 0 Å². The molecule has 2 heterocycles. The highest BCUT2D eigenvalue weighted by Gasteiger charge is 2.27. The van der Waals surface area contributed by atoms with Gasteiger partial charge in [0.2, 0.25) is 0 Å². The molecule has 2 amide bonds. The highest BCUT2D eigenvalue weighted by atomic mass is 16.5. The number of methoxy groups -OCH3 is 1. The third-order valence-corrected chi connectivity index (χ3v) is 8.67. The number of fused-ring (bicyclic) bond motifs is 1. The lowest BCUT2D eigenvalue weighted by Crippen LogP contribution is -2.38. The van der Waals surface area contributed by atoms with Crippen molar-refractivity contribution in [3.63, 3.8) is 0 Å². The molecule has 2 fully saturated rings. The summed E-state index contributed by atoms with van der Waals surface area (Å²) in [5.74, 6) is -0.951. The molecule has 246 valence electrons. The summed E-state index contributed by atoms with van der Waals surface area (Å²) in [4.78, 5) is 45.2. The number of carbonyl (C=O) groups excluding carboxylic acids is 3. The van der Waals surface area contributed by atoms with Crippen molar-refractivity contribution >= 4 is 34.1 Å². The Kier molecular flexibility index (Phi) is 10.9. The maximum atomic E-state index is 13.7. The zero-order valence-electron chi connectivity index (χ0n) is 27.4. The number of carbonyl (C=O) groups is 3. The molecule has 5 rings (SSSR count). The van der Waals surface area contributed by atoms with E-state index in [4.69, 9.17) is 14.2 Å².